The lowest BCUT2D eigenvalue weighted by Gasteiger charge is -2.41. The molecule has 7 N–H and O–H groups in total. The van der Waals surface area contributed by atoms with Crippen molar-refractivity contribution in [2.45, 2.75) is 82.2 Å². The molecule has 9 nitrogen and oxygen atoms in total. The van der Waals surface area contributed by atoms with Gasteiger partial charge in [-0.2, -0.15) is 0 Å². The van der Waals surface area contributed by atoms with Gasteiger partial charge in [-0.05, 0) is 12.8 Å². The summed E-state index contributed by atoms with van der Waals surface area (Å²) in [5, 5.41) is 30.6. The van der Waals surface area contributed by atoms with Crippen LogP contribution in [0.1, 0.15) is 27.2 Å². The molecule has 26 heavy (non-hydrogen) atoms. The summed E-state index contributed by atoms with van der Waals surface area (Å²) in [6.07, 6.45) is -5.08. The summed E-state index contributed by atoms with van der Waals surface area (Å²) < 4.78 is 21.7. The van der Waals surface area contributed by atoms with Gasteiger partial charge in [-0.1, -0.05) is 20.3 Å². The van der Waals surface area contributed by atoms with Gasteiger partial charge < -0.3 is 45.7 Å². The molecule has 6 unspecified atom stereocenters. The predicted octanol–water partition coefficient (Wildman–Crippen LogP) is -1.44. The molecule has 0 aromatic heterocycles. The molecular formula is C17H36N2O7. The lowest BCUT2D eigenvalue weighted by Crippen LogP contribution is -2.62. The van der Waals surface area contributed by atoms with Crippen molar-refractivity contribution in [3.63, 3.8) is 0 Å². The van der Waals surface area contributed by atoms with Crippen LogP contribution in [0.2, 0.25) is 0 Å². The third-order valence-corrected chi connectivity index (χ3v) is 5.25. The van der Waals surface area contributed by atoms with E-state index in [1.807, 2.05) is 13.8 Å². The number of aliphatic hydroxyl groups excluding tert-OH is 3. The van der Waals surface area contributed by atoms with Crippen molar-refractivity contribution >= 4 is 0 Å². The van der Waals surface area contributed by atoms with Crippen LogP contribution in [-0.4, -0.2) is 91.1 Å². The van der Waals surface area contributed by atoms with Crippen LogP contribution in [0.3, 0.4) is 0 Å². The molecule has 1 aliphatic heterocycles. The summed E-state index contributed by atoms with van der Waals surface area (Å²) in [4.78, 5) is 0. The van der Waals surface area contributed by atoms with Gasteiger partial charge in [0, 0.05) is 14.2 Å². The van der Waals surface area contributed by atoms with E-state index in [0.717, 1.165) is 6.42 Å². The van der Waals surface area contributed by atoms with Gasteiger partial charge in [0.1, 0.15) is 18.3 Å². The normalized spacial score (nSPS) is 35.5. The Hall–Kier alpha value is -0.360. The molecule has 1 fully saturated rings. The van der Waals surface area contributed by atoms with E-state index in [-0.39, 0.29) is 12.5 Å². The molecule has 10 atom stereocenters. The van der Waals surface area contributed by atoms with Gasteiger partial charge in [0.2, 0.25) is 0 Å². The van der Waals surface area contributed by atoms with Crippen molar-refractivity contribution in [2.75, 3.05) is 20.8 Å². The maximum absolute atomic E-state index is 10.5. The highest BCUT2D eigenvalue weighted by Crippen LogP contribution is 2.22. The number of hydrogen-bond donors (Lipinski definition) is 5. The summed E-state index contributed by atoms with van der Waals surface area (Å²) >= 11 is 0. The zero-order valence-electron chi connectivity index (χ0n) is 16.3. The standard InChI is InChI=1S/C17H36N2O7/c1-6-8(2)16(23-4)15(22)11(18)9(3)25-7-10-13(20)14(21)12(19)17(24-5)26-10/h8-17,20-22H,6-7,18-19H2,1-5H3/t8?,9-,10?,11?,12?,13-,14?,15?,16-,17+/m1/s1. The number of nitrogens with two attached hydrogens (primary N) is 2. The van der Waals surface area contributed by atoms with E-state index in [4.69, 9.17) is 30.4 Å². The van der Waals surface area contributed by atoms with Crippen molar-refractivity contribution in [3.8, 4) is 0 Å². The number of methoxy groups -OCH3 is 2. The van der Waals surface area contributed by atoms with Crippen molar-refractivity contribution < 1.29 is 34.3 Å². The average Bonchev–Trinajstić information content (AvgIpc) is 2.64. The fraction of sp³-hybridized carbons (Fsp3) is 1.00. The minimum Gasteiger partial charge on any atom is -0.389 e. The van der Waals surface area contributed by atoms with Gasteiger partial charge in [0.05, 0.1) is 37.0 Å². The Labute approximate surface area is 155 Å². The summed E-state index contributed by atoms with van der Waals surface area (Å²) in [6.45, 7) is 5.69. The van der Waals surface area contributed by atoms with E-state index in [2.05, 4.69) is 0 Å². The molecule has 156 valence electrons. The van der Waals surface area contributed by atoms with Gasteiger partial charge in [0.15, 0.2) is 6.29 Å². The first-order chi connectivity index (χ1) is 12.2. The molecular weight excluding hydrogens is 344 g/mol. The molecule has 9 heteroatoms. The van der Waals surface area contributed by atoms with Crippen molar-refractivity contribution in [1.29, 1.82) is 0 Å². The lowest BCUT2D eigenvalue weighted by molar-refractivity contribution is -0.263. The molecule has 1 heterocycles. The fourth-order valence-corrected chi connectivity index (χ4v) is 3.10. The average molecular weight is 380 g/mol. The Balaban J connectivity index is 2.62. The van der Waals surface area contributed by atoms with E-state index in [1.165, 1.54) is 7.11 Å². The summed E-state index contributed by atoms with van der Waals surface area (Å²) in [7, 11) is 2.95. The zero-order valence-corrected chi connectivity index (χ0v) is 16.3. The number of hydrogen-bond acceptors (Lipinski definition) is 9. The zero-order chi connectivity index (χ0) is 20.0. The SMILES string of the molecule is CCC(C)[C@@H](OC)C(O)C(N)[C@@H](C)OCC1O[C@H](OC)C(N)C(O)[C@@H]1O. The highest BCUT2D eigenvalue weighted by molar-refractivity contribution is 4.92. The minimum absolute atomic E-state index is 0.0344. The van der Waals surface area contributed by atoms with Crippen LogP contribution in [-0.2, 0) is 18.9 Å². The van der Waals surface area contributed by atoms with E-state index in [1.54, 1.807) is 14.0 Å². The molecule has 0 saturated carbocycles. The molecule has 0 spiro atoms. The topological polar surface area (TPSA) is 150 Å². The molecule has 0 aromatic rings. The van der Waals surface area contributed by atoms with Crippen LogP contribution in [0.5, 0.6) is 0 Å². The molecule has 1 rings (SSSR count). The minimum atomic E-state index is -1.21. The molecule has 0 aliphatic carbocycles. The third kappa shape index (κ3) is 5.57. The van der Waals surface area contributed by atoms with Crippen molar-refractivity contribution in [2.24, 2.45) is 17.4 Å². The maximum atomic E-state index is 10.5. The second-order valence-electron chi connectivity index (χ2n) is 7.03. The molecule has 0 radical (unpaired) electrons. The second-order valence-corrected chi connectivity index (χ2v) is 7.03. The highest BCUT2D eigenvalue weighted by atomic mass is 16.7. The Bertz CT molecular complexity index is 401. The fourth-order valence-electron chi connectivity index (χ4n) is 3.10. The largest absolute Gasteiger partial charge is 0.389 e. The summed E-state index contributed by atoms with van der Waals surface area (Å²) in [6, 6.07) is -1.55. The lowest BCUT2D eigenvalue weighted by atomic mass is 9.91. The molecule has 0 aromatic carbocycles. The smallest absolute Gasteiger partial charge is 0.175 e. The third-order valence-electron chi connectivity index (χ3n) is 5.25. The number of rotatable bonds is 10. The summed E-state index contributed by atoms with van der Waals surface area (Å²) in [5.74, 6) is 0.135. The molecule has 1 saturated heterocycles. The van der Waals surface area contributed by atoms with Crippen LogP contribution >= 0.6 is 0 Å². The first kappa shape index (κ1) is 23.7. The second kappa shape index (κ2) is 10.8. The van der Waals surface area contributed by atoms with Gasteiger partial charge in [-0.25, -0.2) is 0 Å². The molecule has 0 amide bonds. The van der Waals surface area contributed by atoms with Crippen LogP contribution in [0.4, 0.5) is 0 Å². The van der Waals surface area contributed by atoms with Gasteiger partial charge in [0.25, 0.3) is 0 Å². The first-order valence-electron chi connectivity index (χ1n) is 9.07. The monoisotopic (exact) mass is 380 g/mol. The predicted molar refractivity (Wildman–Crippen MR) is 95.3 cm³/mol. The molecule has 0 bridgehead atoms. The van der Waals surface area contributed by atoms with Crippen molar-refractivity contribution in [3.05, 3.63) is 0 Å². The highest BCUT2D eigenvalue weighted by Gasteiger charge is 2.43. The van der Waals surface area contributed by atoms with Gasteiger partial charge in [-0.15, -0.1) is 0 Å². The Morgan fingerprint density at radius 3 is 2.27 bits per heavy atom. The van der Waals surface area contributed by atoms with E-state index >= 15 is 0 Å². The Morgan fingerprint density at radius 2 is 1.77 bits per heavy atom. The van der Waals surface area contributed by atoms with E-state index in [9.17, 15) is 15.3 Å². The van der Waals surface area contributed by atoms with Gasteiger partial charge >= 0.3 is 0 Å². The van der Waals surface area contributed by atoms with Crippen LogP contribution in [0, 0.1) is 5.92 Å². The Morgan fingerprint density at radius 1 is 1.15 bits per heavy atom. The summed E-state index contributed by atoms with van der Waals surface area (Å²) in [5.41, 5.74) is 11.9. The van der Waals surface area contributed by atoms with Crippen LogP contribution < -0.4 is 11.5 Å². The van der Waals surface area contributed by atoms with E-state index in [0.29, 0.717) is 0 Å². The first-order valence-corrected chi connectivity index (χ1v) is 9.07. The van der Waals surface area contributed by atoms with Crippen molar-refractivity contribution in [1.82, 2.24) is 0 Å². The van der Waals surface area contributed by atoms with Gasteiger partial charge in [-0.3, -0.25) is 0 Å². The number of aliphatic hydroxyl groups is 3. The molecule has 1 aliphatic rings. The quantitative estimate of drug-likeness (QED) is 0.307. The van der Waals surface area contributed by atoms with Crippen LogP contribution in [0.25, 0.3) is 0 Å². The van der Waals surface area contributed by atoms with E-state index < -0.39 is 55.0 Å². The maximum Gasteiger partial charge on any atom is 0.175 e. The van der Waals surface area contributed by atoms with Crippen LogP contribution in [0.15, 0.2) is 0 Å². The number of ether oxygens (including phenoxy) is 4. The Kier molecular flexibility index (Phi) is 9.87.